The second-order valence-electron chi connectivity index (χ2n) is 12.2. The summed E-state index contributed by atoms with van der Waals surface area (Å²) >= 11 is 1.27. The average molecular weight is 944 g/mol. The van der Waals surface area contributed by atoms with Gasteiger partial charge in [-0.25, -0.2) is 25.6 Å². The van der Waals surface area contributed by atoms with Gasteiger partial charge in [0, 0.05) is 39.9 Å². The Balaban J connectivity index is 1.27. The molecule has 0 fully saturated rings. The fourth-order valence-corrected chi connectivity index (χ4v) is 10.2. The molecule has 0 radical (unpaired) electrons. The molecule has 0 aliphatic carbocycles. The van der Waals surface area contributed by atoms with Gasteiger partial charge in [0.25, 0.3) is 20.0 Å². The van der Waals surface area contributed by atoms with E-state index in [0.29, 0.717) is 58.4 Å². The van der Waals surface area contributed by atoms with Crippen LogP contribution in [0.4, 0.5) is 8.78 Å². The molecule has 2 atom stereocenters. The number of sulfonamides is 2. The minimum Gasteiger partial charge on any atom is -0.492 e. The Morgan fingerprint density at radius 3 is 1.37 bits per heavy atom. The number of hydrogen-bond donors (Lipinski definition) is 4. The Labute approximate surface area is 360 Å². The van der Waals surface area contributed by atoms with Crippen molar-refractivity contribution in [2.75, 3.05) is 26.3 Å². The van der Waals surface area contributed by atoms with Crippen LogP contribution >= 0.6 is 30.9 Å². The number of rotatable bonds is 20. The first-order valence-corrected chi connectivity index (χ1v) is 23.2. The molecule has 0 aliphatic heterocycles. The van der Waals surface area contributed by atoms with Crippen LogP contribution in [0.25, 0.3) is 21.1 Å². The van der Waals surface area contributed by atoms with E-state index in [1.54, 1.807) is 60.7 Å². The molecule has 2 unspecified atom stereocenters. The fraction of sp³-hybridized carbons (Fsp3) is 0.167. The Kier molecular flexibility index (Phi) is 15.0. The molecule has 0 bridgehead atoms. The minimum absolute atomic E-state index is 0.171. The van der Waals surface area contributed by atoms with E-state index in [1.165, 1.54) is 0 Å². The first-order valence-electron chi connectivity index (χ1n) is 17.5. The van der Waals surface area contributed by atoms with Crippen LogP contribution in [0.5, 0.6) is 11.5 Å². The largest absolute Gasteiger partial charge is 0.701 e. The third-order valence-electron chi connectivity index (χ3n) is 7.99. The molecule has 0 amide bonds. The van der Waals surface area contributed by atoms with Gasteiger partial charge < -0.3 is 20.9 Å². The van der Waals surface area contributed by atoms with Gasteiger partial charge in [-0.1, -0.05) is 43.9 Å². The molecule has 6 N–H and O–H groups in total. The average Bonchev–Trinajstić information content (AvgIpc) is 3.98. The Bertz CT molecular complexity index is 2680. The maximum atomic E-state index is 14.9. The number of hydrogen-bond acceptors (Lipinski definition) is 19. The van der Waals surface area contributed by atoms with Crippen molar-refractivity contribution < 1.29 is 48.7 Å². The van der Waals surface area contributed by atoms with Gasteiger partial charge in [0.2, 0.25) is 21.1 Å². The van der Waals surface area contributed by atoms with Crippen LogP contribution in [0.15, 0.2) is 93.6 Å². The zero-order valence-corrected chi connectivity index (χ0v) is 35.6. The molecule has 6 rings (SSSR count). The fourth-order valence-electron chi connectivity index (χ4n) is 5.06. The maximum Gasteiger partial charge on any atom is 0.701 e. The molecular formula is C36H30F2N10O9PS4+. The van der Waals surface area contributed by atoms with Gasteiger partial charge in [0.05, 0.1) is 11.1 Å². The van der Waals surface area contributed by atoms with Crippen LogP contribution < -0.4 is 30.4 Å². The van der Waals surface area contributed by atoms with Crippen LogP contribution in [-0.2, 0) is 33.7 Å². The lowest BCUT2D eigenvalue weighted by molar-refractivity contribution is 0.119. The van der Waals surface area contributed by atoms with Crippen LogP contribution in [0.2, 0.25) is 0 Å². The highest BCUT2D eigenvalue weighted by Crippen LogP contribution is 2.39. The van der Waals surface area contributed by atoms with Crippen LogP contribution in [0.3, 0.4) is 0 Å². The van der Waals surface area contributed by atoms with E-state index in [2.05, 4.69) is 29.8 Å². The Morgan fingerprint density at radius 1 is 0.645 bits per heavy atom. The number of nitrogens with zero attached hydrogens (tertiary/aromatic N) is 6. The summed E-state index contributed by atoms with van der Waals surface area (Å²) in [6.45, 7) is 1.13. The van der Waals surface area contributed by atoms with E-state index in [0.717, 1.165) is 36.4 Å². The number of nitrogens with two attached hydrogens (primary N) is 2. The third-order valence-corrected chi connectivity index (χ3v) is 14.2. The van der Waals surface area contributed by atoms with Crippen molar-refractivity contribution in [2.45, 2.75) is 21.1 Å². The van der Waals surface area contributed by atoms with Crippen LogP contribution in [-0.4, -0.2) is 63.5 Å². The number of benzene rings is 4. The zero-order chi connectivity index (χ0) is 44.4. The summed E-state index contributed by atoms with van der Waals surface area (Å²) in [5.74, 6) is -1.19. The molecule has 320 valence electrons. The van der Waals surface area contributed by atoms with Gasteiger partial charge in [0.1, 0.15) is 58.5 Å². The van der Waals surface area contributed by atoms with E-state index in [-0.39, 0.29) is 34.4 Å². The molecule has 62 heavy (non-hydrogen) atoms. The molecule has 0 aliphatic rings. The molecule has 26 heteroatoms. The SMILES string of the molecule is N#Cc1ccc(C(NS(=O)(=O)c2nnc(-c3ccc(OCCN)cc3)s2)O[P+](=O)OC(NS(=O)(=O)c2nnc(-c3ccc(OCCN)cc3)s2)c2ccc(C#N)c(F)c2)cc1F. The van der Waals surface area contributed by atoms with Crippen molar-refractivity contribution in [2.24, 2.45) is 11.5 Å². The maximum absolute atomic E-state index is 14.9. The molecular weight excluding hydrogens is 914 g/mol. The first-order chi connectivity index (χ1) is 29.7. The quantitative estimate of drug-likeness (QED) is 0.0592. The Morgan fingerprint density at radius 2 is 1.03 bits per heavy atom. The highest BCUT2D eigenvalue weighted by atomic mass is 32.3. The lowest BCUT2D eigenvalue weighted by atomic mass is 10.1. The van der Waals surface area contributed by atoms with Gasteiger partial charge >= 0.3 is 8.25 Å². The van der Waals surface area contributed by atoms with Gasteiger partial charge in [-0.05, 0) is 72.8 Å². The summed E-state index contributed by atoms with van der Waals surface area (Å²) < 4.78 is 123. The van der Waals surface area contributed by atoms with Crippen LogP contribution in [0, 0.1) is 34.3 Å². The molecule has 6 aromatic rings. The van der Waals surface area contributed by atoms with Gasteiger partial charge in [-0.15, -0.1) is 20.4 Å². The van der Waals surface area contributed by atoms with Crippen molar-refractivity contribution in [1.82, 2.24) is 29.8 Å². The molecule has 19 nitrogen and oxygen atoms in total. The highest BCUT2D eigenvalue weighted by molar-refractivity contribution is 7.91. The standard InChI is InChI=1S/C36H30F2N10O9PS4/c37-29-17-23(1-3-25(29)19-41)31(47-61(50,51)35-45-43-33(59-35)21-5-9-27(10-6-21)54-15-13-39)56-58(49)57-32(24-2-4-26(20-42)30(38)18-24)48-62(52,53)36-46-44-34(60-36)22-7-11-28(12-8-22)55-16-14-40/h1-12,17-18,31-32,47-48H,13-16,39-40H2/q+1. The summed E-state index contributed by atoms with van der Waals surface area (Å²) in [4.78, 5) is 0. The van der Waals surface area contributed by atoms with Crippen molar-refractivity contribution in [1.29, 1.82) is 10.5 Å². The zero-order valence-electron chi connectivity index (χ0n) is 31.4. The van der Waals surface area contributed by atoms with E-state index in [1.807, 2.05) is 0 Å². The van der Waals surface area contributed by atoms with Gasteiger partial charge in [-0.3, -0.25) is 0 Å². The van der Waals surface area contributed by atoms with Crippen molar-refractivity contribution in [3.8, 4) is 44.8 Å². The van der Waals surface area contributed by atoms with Crippen molar-refractivity contribution >= 4 is 51.0 Å². The number of halogens is 2. The van der Waals surface area contributed by atoms with E-state index >= 15 is 0 Å². The third kappa shape index (κ3) is 11.4. The van der Waals surface area contributed by atoms with E-state index in [4.69, 9.17) is 30.0 Å². The lowest BCUT2D eigenvalue weighted by Gasteiger charge is -2.15. The summed E-state index contributed by atoms with van der Waals surface area (Å²) in [6, 6.07) is 21.8. The molecule has 0 saturated carbocycles. The molecule has 2 aromatic heterocycles. The summed E-state index contributed by atoms with van der Waals surface area (Å²) in [6.07, 6.45) is -4.10. The molecule has 0 saturated heterocycles. The summed E-state index contributed by atoms with van der Waals surface area (Å²) in [5, 5.41) is 34.3. The number of aromatic nitrogens is 4. The minimum atomic E-state index is -4.73. The number of nitrogens with one attached hydrogen (secondary N) is 2. The number of ether oxygens (including phenoxy) is 2. The second kappa shape index (κ2) is 20.4. The van der Waals surface area contributed by atoms with Crippen LogP contribution in [0.1, 0.15) is 34.7 Å². The van der Waals surface area contributed by atoms with Crippen molar-refractivity contribution in [3.05, 3.63) is 119 Å². The summed E-state index contributed by atoms with van der Waals surface area (Å²) in [5.41, 5.74) is 10.4. The van der Waals surface area contributed by atoms with E-state index in [9.17, 15) is 40.7 Å². The van der Waals surface area contributed by atoms with E-state index < -0.39 is 72.2 Å². The molecule has 4 aromatic carbocycles. The Hall–Kier alpha value is -5.80. The van der Waals surface area contributed by atoms with Gasteiger partial charge in [0.15, 0.2) is 0 Å². The van der Waals surface area contributed by atoms with Crippen molar-refractivity contribution in [3.63, 3.8) is 0 Å². The van der Waals surface area contributed by atoms with Gasteiger partial charge in [-0.2, -0.15) is 20.0 Å². The number of nitriles is 2. The lowest BCUT2D eigenvalue weighted by Crippen LogP contribution is -2.31. The predicted octanol–water partition coefficient (Wildman–Crippen LogP) is 4.77. The first kappa shape index (κ1) is 45.7. The molecule has 2 heterocycles. The normalized spacial score (nSPS) is 12.8. The highest BCUT2D eigenvalue weighted by Gasteiger charge is 2.39. The predicted molar refractivity (Wildman–Crippen MR) is 218 cm³/mol. The topological polar surface area (TPSA) is 298 Å². The monoisotopic (exact) mass is 943 g/mol. The second-order valence-corrected chi connectivity index (χ2v) is 18.8. The molecule has 0 spiro atoms. The smallest absolute Gasteiger partial charge is 0.492 e. The summed E-state index contributed by atoms with van der Waals surface area (Å²) in [7, 11) is -13.1.